The van der Waals surface area contributed by atoms with E-state index in [9.17, 15) is 4.79 Å². The van der Waals surface area contributed by atoms with Gasteiger partial charge in [0.25, 0.3) is 5.91 Å². The van der Waals surface area contributed by atoms with Gasteiger partial charge in [-0.3, -0.25) is 4.79 Å². The predicted molar refractivity (Wildman–Crippen MR) is 84.4 cm³/mol. The van der Waals surface area contributed by atoms with Gasteiger partial charge in [0.1, 0.15) is 5.76 Å². The number of aryl methyl sites for hydroxylation is 1. The Morgan fingerprint density at radius 2 is 2.00 bits per heavy atom. The molecule has 0 radical (unpaired) electrons. The summed E-state index contributed by atoms with van der Waals surface area (Å²) in [6.07, 6.45) is 0.741. The molecule has 1 aromatic heterocycles. The third-order valence-corrected chi connectivity index (χ3v) is 4.34. The molecule has 1 unspecified atom stereocenters. The van der Waals surface area contributed by atoms with Crippen LogP contribution in [0.4, 0.5) is 0 Å². The largest absolute Gasteiger partial charge is 0.361 e. The zero-order valence-electron chi connectivity index (χ0n) is 14.2. The van der Waals surface area contributed by atoms with Gasteiger partial charge >= 0.3 is 0 Å². The SMILES string of the molecule is CCc1cc(C(=O)NCC(C)(C)C(C)N(CC)CC)no1. The highest BCUT2D eigenvalue weighted by Gasteiger charge is 2.30. The Balaban J connectivity index is 2.61. The Morgan fingerprint density at radius 1 is 1.38 bits per heavy atom. The Labute approximate surface area is 128 Å². The number of rotatable bonds is 8. The molecule has 0 saturated carbocycles. The molecule has 5 nitrogen and oxygen atoms in total. The van der Waals surface area contributed by atoms with Crippen LogP contribution in [0.15, 0.2) is 10.6 Å². The van der Waals surface area contributed by atoms with Gasteiger partial charge in [0.15, 0.2) is 5.69 Å². The van der Waals surface area contributed by atoms with Crippen LogP contribution in [-0.4, -0.2) is 41.6 Å². The molecule has 1 amide bonds. The number of nitrogens with zero attached hydrogens (tertiary/aromatic N) is 2. The number of aromatic nitrogens is 1. The van der Waals surface area contributed by atoms with E-state index in [0.29, 0.717) is 18.3 Å². The van der Waals surface area contributed by atoms with Gasteiger partial charge in [0.2, 0.25) is 0 Å². The minimum absolute atomic E-state index is 0.0149. The molecule has 21 heavy (non-hydrogen) atoms. The van der Waals surface area contributed by atoms with Crippen LogP contribution in [0, 0.1) is 5.41 Å². The van der Waals surface area contributed by atoms with Crippen molar-refractivity contribution in [2.45, 2.75) is 54.0 Å². The van der Waals surface area contributed by atoms with Crippen LogP contribution in [0.2, 0.25) is 0 Å². The van der Waals surface area contributed by atoms with Gasteiger partial charge in [-0.15, -0.1) is 0 Å². The molecule has 0 bridgehead atoms. The lowest BCUT2D eigenvalue weighted by atomic mass is 9.84. The summed E-state index contributed by atoms with van der Waals surface area (Å²) in [4.78, 5) is 14.5. The van der Waals surface area contributed by atoms with E-state index in [4.69, 9.17) is 4.52 Å². The van der Waals surface area contributed by atoms with E-state index in [1.54, 1.807) is 6.07 Å². The van der Waals surface area contributed by atoms with E-state index >= 15 is 0 Å². The fraction of sp³-hybridized carbons (Fsp3) is 0.750. The number of hydrogen-bond acceptors (Lipinski definition) is 4. The molecule has 0 aliphatic carbocycles. The van der Waals surface area contributed by atoms with Crippen molar-refractivity contribution in [3.05, 3.63) is 17.5 Å². The summed E-state index contributed by atoms with van der Waals surface area (Å²) in [5.74, 6) is 0.564. The Hall–Kier alpha value is -1.36. The fourth-order valence-corrected chi connectivity index (χ4v) is 2.40. The summed E-state index contributed by atoms with van der Waals surface area (Å²) < 4.78 is 5.07. The highest BCUT2D eigenvalue weighted by molar-refractivity contribution is 5.92. The summed E-state index contributed by atoms with van der Waals surface area (Å²) in [5, 5.41) is 6.77. The maximum absolute atomic E-state index is 12.1. The highest BCUT2D eigenvalue weighted by atomic mass is 16.5. The molecule has 0 fully saturated rings. The summed E-state index contributed by atoms with van der Waals surface area (Å²) in [5.41, 5.74) is 0.345. The molecule has 0 aromatic carbocycles. The Bertz CT molecular complexity index is 450. The van der Waals surface area contributed by atoms with Crippen molar-refractivity contribution < 1.29 is 9.32 Å². The maximum atomic E-state index is 12.1. The molecular weight excluding hydrogens is 266 g/mol. The molecule has 5 heteroatoms. The van der Waals surface area contributed by atoms with Crippen molar-refractivity contribution >= 4 is 5.91 Å². The molecule has 1 rings (SSSR count). The van der Waals surface area contributed by atoms with Gasteiger partial charge in [-0.1, -0.05) is 39.8 Å². The van der Waals surface area contributed by atoms with Crippen LogP contribution in [0.1, 0.15) is 57.8 Å². The van der Waals surface area contributed by atoms with Crippen molar-refractivity contribution in [2.24, 2.45) is 5.41 Å². The van der Waals surface area contributed by atoms with Crippen molar-refractivity contribution in [2.75, 3.05) is 19.6 Å². The van der Waals surface area contributed by atoms with Crippen molar-refractivity contribution in [1.82, 2.24) is 15.4 Å². The quantitative estimate of drug-likeness (QED) is 0.801. The van der Waals surface area contributed by atoms with Crippen LogP contribution in [0.3, 0.4) is 0 Å². The van der Waals surface area contributed by atoms with E-state index in [0.717, 1.165) is 25.3 Å². The topological polar surface area (TPSA) is 58.4 Å². The molecule has 0 aliphatic rings. The third-order valence-electron chi connectivity index (χ3n) is 4.34. The van der Waals surface area contributed by atoms with Crippen molar-refractivity contribution in [3.63, 3.8) is 0 Å². The molecule has 0 aliphatic heterocycles. The lowest BCUT2D eigenvalue weighted by Gasteiger charge is -2.39. The fourth-order valence-electron chi connectivity index (χ4n) is 2.40. The molecule has 0 saturated heterocycles. The standard InChI is InChI=1S/C16H29N3O2/c1-7-13-10-14(18-21-13)15(20)17-11-16(5,6)12(4)19(8-2)9-3/h10,12H,7-9,11H2,1-6H3,(H,17,20). The summed E-state index contributed by atoms with van der Waals surface area (Å²) in [7, 11) is 0. The number of nitrogens with one attached hydrogen (secondary N) is 1. The first-order chi connectivity index (χ1) is 9.85. The molecule has 1 heterocycles. The first-order valence-electron chi connectivity index (χ1n) is 7.83. The van der Waals surface area contributed by atoms with E-state index < -0.39 is 0 Å². The second-order valence-corrected chi connectivity index (χ2v) is 6.10. The highest BCUT2D eigenvalue weighted by Crippen LogP contribution is 2.24. The van der Waals surface area contributed by atoms with Crippen LogP contribution in [0.25, 0.3) is 0 Å². The minimum atomic E-state index is -0.168. The average molecular weight is 295 g/mol. The Kier molecular flexibility index (Phi) is 6.40. The first-order valence-corrected chi connectivity index (χ1v) is 7.83. The molecule has 120 valence electrons. The number of hydrogen-bond donors (Lipinski definition) is 1. The second-order valence-electron chi connectivity index (χ2n) is 6.10. The van der Waals surface area contributed by atoms with Gasteiger partial charge in [-0.25, -0.2) is 0 Å². The van der Waals surface area contributed by atoms with Crippen molar-refractivity contribution in [1.29, 1.82) is 0 Å². The van der Waals surface area contributed by atoms with Gasteiger partial charge in [0, 0.05) is 25.1 Å². The zero-order valence-corrected chi connectivity index (χ0v) is 14.2. The van der Waals surface area contributed by atoms with E-state index in [1.807, 2.05) is 6.92 Å². The maximum Gasteiger partial charge on any atom is 0.273 e. The summed E-state index contributed by atoms with van der Waals surface area (Å²) >= 11 is 0. The smallest absolute Gasteiger partial charge is 0.273 e. The van der Waals surface area contributed by atoms with E-state index in [-0.39, 0.29) is 11.3 Å². The van der Waals surface area contributed by atoms with Crippen LogP contribution >= 0.6 is 0 Å². The van der Waals surface area contributed by atoms with Gasteiger partial charge in [-0.2, -0.15) is 0 Å². The van der Waals surface area contributed by atoms with Gasteiger partial charge in [0.05, 0.1) is 0 Å². The summed E-state index contributed by atoms with van der Waals surface area (Å²) in [6, 6.07) is 2.09. The first kappa shape index (κ1) is 17.7. The monoisotopic (exact) mass is 295 g/mol. The normalized spacial score (nSPS) is 13.5. The molecule has 1 aromatic rings. The number of amides is 1. The molecule has 1 N–H and O–H groups in total. The lowest BCUT2D eigenvalue weighted by molar-refractivity contribution is 0.0845. The predicted octanol–water partition coefficient (Wildman–Crippen LogP) is 2.72. The summed E-state index contributed by atoms with van der Waals surface area (Å²) in [6.45, 7) is 15.5. The van der Waals surface area contributed by atoms with Gasteiger partial charge < -0.3 is 14.7 Å². The number of carbonyl (C=O) groups is 1. The molecule has 0 spiro atoms. The molecule has 1 atom stereocenters. The second kappa shape index (κ2) is 7.59. The van der Waals surface area contributed by atoms with E-state index in [1.165, 1.54) is 0 Å². The minimum Gasteiger partial charge on any atom is -0.361 e. The van der Waals surface area contributed by atoms with Crippen LogP contribution < -0.4 is 5.32 Å². The third kappa shape index (κ3) is 4.56. The molecular formula is C16H29N3O2. The average Bonchev–Trinajstić information content (AvgIpc) is 2.95. The van der Waals surface area contributed by atoms with E-state index in [2.05, 4.69) is 50.0 Å². The number of carbonyl (C=O) groups excluding carboxylic acids is 1. The lowest BCUT2D eigenvalue weighted by Crippen LogP contribution is -2.48. The Morgan fingerprint density at radius 3 is 2.48 bits per heavy atom. The van der Waals surface area contributed by atoms with Crippen LogP contribution in [0.5, 0.6) is 0 Å². The zero-order chi connectivity index (χ0) is 16.0. The van der Waals surface area contributed by atoms with Crippen LogP contribution in [-0.2, 0) is 6.42 Å². The van der Waals surface area contributed by atoms with Gasteiger partial charge in [-0.05, 0) is 25.4 Å². The van der Waals surface area contributed by atoms with Crippen molar-refractivity contribution in [3.8, 4) is 0 Å².